The molecule has 0 spiro atoms. The van der Waals surface area contributed by atoms with Gasteiger partial charge in [-0.2, -0.15) is 0 Å². The molecule has 1 unspecified atom stereocenters. The molecule has 3 heterocycles. The lowest BCUT2D eigenvalue weighted by Crippen LogP contribution is -2.37. The summed E-state index contributed by atoms with van der Waals surface area (Å²) in [5.41, 5.74) is 2.47. The third-order valence-corrected chi connectivity index (χ3v) is 6.38. The highest BCUT2D eigenvalue weighted by Gasteiger charge is 2.44. The predicted molar refractivity (Wildman–Crippen MR) is 98.1 cm³/mol. The van der Waals surface area contributed by atoms with Crippen molar-refractivity contribution in [3.63, 3.8) is 0 Å². The first-order chi connectivity index (χ1) is 12.8. The predicted octanol–water partition coefficient (Wildman–Crippen LogP) is 1.77. The summed E-state index contributed by atoms with van der Waals surface area (Å²) in [7, 11) is 0. The van der Waals surface area contributed by atoms with E-state index in [0.29, 0.717) is 17.7 Å². The molecule has 26 heavy (non-hydrogen) atoms. The molecule has 0 N–H and O–H groups in total. The zero-order valence-electron chi connectivity index (χ0n) is 15.1. The zero-order valence-corrected chi connectivity index (χ0v) is 15.1. The average Bonchev–Trinajstić information content (AvgIpc) is 3.26. The minimum atomic E-state index is 0.188. The molecule has 0 bridgehead atoms. The largest absolute Gasteiger partial charge is 0.378 e. The van der Waals surface area contributed by atoms with Gasteiger partial charge < -0.3 is 14.5 Å². The molecule has 2 saturated heterocycles. The van der Waals surface area contributed by atoms with Gasteiger partial charge >= 0.3 is 0 Å². The molecule has 0 saturated carbocycles. The lowest BCUT2D eigenvalue weighted by Gasteiger charge is -2.27. The van der Waals surface area contributed by atoms with Crippen LogP contribution in [-0.2, 0) is 16.0 Å². The summed E-state index contributed by atoms with van der Waals surface area (Å²) in [4.78, 5) is 26.8. The van der Waals surface area contributed by atoms with Gasteiger partial charge in [0.2, 0.25) is 11.9 Å². The van der Waals surface area contributed by atoms with Gasteiger partial charge in [-0.05, 0) is 37.2 Å². The summed E-state index contributed by atoms with van der Waals surface area (Å²) < 4.78 is 5.44. The lowest BCUT2D eigenvalue weighted by atomic mass is 9.93. The van der Waals surface area contributed by atoms with Gasteiger partial charge in [0.1, 0.15) is 0 Å². The number of morpholine rings is 1. The zero-order chi connectivity index (χ0) is 17.5. The molecule has 3 atom stereocenters. The smallest absolute Gasteiger partial charge is 0.226 e. The molecule has 5 rings (SSSR count). The van der Waals surface area contributed by atoms with Crippen LogP contribution in [0.3, 0.4) is 0 Å². The van der Waals surface area contributed by atoms with Crippen LogP contribution < -0.4 is 4.90 Å². The number of amides is 1. The summed E-state index contributed by atoms with van der Waals surface area (Å²) in [6.07, 6.45) is 10.3. The normalized spacial score (nSPS) is 30.4. The van der Waals surface area contributed by atoms with E-state index < -0.39 is 0 Å². The summed E-state index contributed by atoms with van der Waals surface area (Å²) in [5, 5.41) is 0. The number of carbonyl (C=O) groups excluding carboxylic acids is 1. The van der Waals surface area contributed by atoms with Gasteiger partial charge in [0.05, 0.1) is 18.9 Å². The topological polar surface area (TPSA) is 58.6 Å². The fourth-order valence-corrected chi connectivity index (χ4v) is 4.93. The molecule has 1 aromatic heterocycles. The van der Waals surface area contributed by atoms with Gasteiger partial charge in [-0.25, -0.2) is 9.97 Å². The summed E-state index contributed by atoms with van der Waals surface area (Å²) in [6.45, 7) is 4.90. The number of hydrogen-bond acceptors (Lipinski definition) is 5. The van der Waals surface area contributed by atoms with Gasteiger partial charge in [-0.15, -0.1) is 0 Å². The Labute approximate surface area is 154 Å². The van der Waals surface area contributed by atoms with Crippen molar-refractivity contribution < 1.29 is 9.53 Å². The maximum Gasteiger partial charge on any atom is 0.226 e. The summed E-state index contributed by atoms with van der Waals surface area (Å²) in [5.74, 6) is 2.27. The van der Waals surface area contributed by atoms with Crippen molar-refractivity contribution >= 4 is 11.9 Å². The van der Waals surface area contributed by atoms with E-state index in [9.17, 15) is 4.79 Å². The maximum absolute atomic E-state index is 12.9. The van der Waals surface area contributed by atoms with Crippen molar-refractivity contribution in [2.45, 2.75) is 31.6 Å². The van der Waals surface area contributed by atoms with Gasteiger partial charge in [0, 0.05) is 44.2 Å². The number of likely N-dealkylation sites (tertiary alicyclic amines) is 1. The highest BCUT2D eigenvalue weighted by molar-refractivity contribution is 5.79. The van der Waals surface area contributed by atoms with Crippen LogP contribution in [0.5, 0.6) is 0 Å². The van der Waals surface area contributed by atoms with Gasteiger partial charge in [0.25, 0.3) is 0 Å². The fourth-order valence-electron chi connectivity index (χ4n) is 4.93. The molecule has 138 valence electrons. The van der Waals surface area contributed by atoms with Crippen molar-refractivity contribution in [2.24, 2.45) is 11.8 Å². The Hall–Kier alpha value is -1.95. The second-order valence-electron chi connectivity index (χ2n) is 7.98. The van der Waals surface area contributed by atoms with Crippen LogP contribution in [0.25, 0.3) is 0 Å². The maximum atomic E-state index is 12.9. The second kappa shape index (κ2) is 6.65. The monoisotopic (exact) mass is 354 g/mol. The lowest BCUT2D eigenvalue weighted by molar-refractivity contribution is -0.134. The van der Waals surface area contributed by atoms with E-state index in [4.69, 9.17) is 9.72 Å². The minimum Gasteiger partial charge on any atom is -0.378 e. The molecule has 6 heteroatoms. The highest BCUT2D eigenvalue weighted by atomic mass is 16.5. The molecule has 6 nitrogen and oxygen atoms in total. The average molecular weight is 354 g/mol. The minimum absolute atomic E-state index is 0.188. The van der Waals surface area contributed by atoms with E-state index in [2.05, 4.69) is 26.9 Å². The molecular weight excluding hydrogens is 328 g/mol. The van der Waals surface area contributed by atoms with Crippen LogP contribution in [0.4, 0.5) is 5.95 Å². The van der Waals surface area contributed by atoms with Gasteiger partial charge in [-0.1, -0.05) is 12.2 Å². The molecule has 2 fully saturated rings. The van der Waals surface area contributed by atoms with Crippen LogP contribution in [0.1, 0.15) is 36.4 Å². The van der Waals surface area contributed by atoms with Crippen molar-refractivity contribution in [1.82, 2.24) is 14.9 Å². The number of nitrogens with zero attached hydrogens (tertiary/aromatic N) is 4. The molecule has 2 aliphatic carbocycles. The van der Waals surface area contributed by atoms with Crippen molar-refractivity contribution in [3.8, 4) is 0 Å². The molecule has 0 aromatic carbocycles. The second-order valence-corrected chi connectivity index (χ2v) is 7.98. The molecule has 1 amide bonds. The first-order valence-electron chi connectivity index (χ1n) is 9.92. The fraction of sp³-hybridized carbons (Fsp3) is 0.650. The first-order valence-corrected chi connectivity index (χ1v) is 9.92. The number of fused-ring (bicyclic) bond motifs is 3. The SMILES string of the molecule is O=C(C1CC=CCC1)N1C[C@H]2Cc3cnc(N4CCOCC4)nc3[C@H]2C1. The van der Waals surface area contributed by atoms with E-state index in [0.717, 1.165) is 71.0 Å². The standard InChI is InChI=1S/C20H26N4O2/c25-19(14-4-2-1-3-5-14)24-12-16-10-15-11-21-20(22-18(15)17(16)13-24)23-6-8-26-9-7-23/h1-2,11,14,16-17H,3-10,12-13H2/t14?,16-,17+/m1/s1. The summed E-state index contributed by atoms with van der Waals surface area (Å²) >= 11 is 0. The quantitative estimate of drug-likeness (QED) is 0.758. The highest BCUT2D eigenvalue weighted by Crippen LogP contribution is 2.43. The van der Waals surface area contributed by atoms with Gasteiger partial charge in [-0.3, -0.25) is 4.79 Å². The van der Waals surface area contributed by atoms with E-state index in [1.807, 2.05) is 6.20 Å². The van der Waals surface area contributed by atoms with Crippen LogP contribution in [0.15, 0.2) is 18.3 Å². The number of allylic oxidation sites excluding steroid dienone is 2. The number of hydrogen-bond donors (Lipinski definition) is 0. The van der Waals surface area contributed by atoms with E-state index >= 15 is 0 Å². The van der Waals surface area contributed by atoms with E-state index in [1.54, 1.807) is 0 Å². The molecular formula is C20H26N4O2. The number of ether oxygens (including phenoxy) is 1. The van der Waals surface area contributed by atoms with E-state index in [-0.39, 0.29) is 5.92 Å². The number of carbonyl (C=O) groups is 1. The number of anilines is 1. The Bertz CT molecular complexity index is 729. The molecule has 1 aromatic rings. The van der Waals surface area contributed by atoms with E-state index in [1.165, 1.54) is 11.3 Å². The van der Waals surface area contributed by atoms with Crippen molar-refractivity contribution in [1.29, 1.82) is 0 Å². The van der Waals surface area contributed by atoms with Crippen molar-refractivity contribution in [2.75, 3.05) is 44.3 Å². The van der Waals surface area contributed by atoms with Crippen LogP contribution >= 0.6 is 0 Å². The molecule has 0 radical (unpaired) electrons. The van der Waals surface area contributed by atoms with Crippen molar-refractivity contribution in [3.05, 3.63) is 29.6 Å². The Kier molecular flexibility index (Phi) is 4.15. The Morgan fingerprint density at radius 3 is 2.88 bits per heavy atom. The summed E-state index contributed by atoms with van der Waals surface area (Å²) in [6, 6.07) is 0. The van der Waals surface area contributed by atoms with Gasteiger partial charge in [0.15, 0.2) is 0 Å². The van der Waals surface area contributed by atoms with Crippen LogP contribution in [-0.4, -0.2) is 60.2 Å². The Morgan fingerprint density at radius 2 is 2.08 bits per heavy atom. The number of rotatable bonds is 2. The third kappa shape index (κ3) is 2.80. The Morgan fingerprint density at radius 1 is 1.19 bits per heavy atom. The molecule has 2 aliphatic heterocycles. The molecule has 4 aliphatic rings. The van der Waals surface area contributed by atoms with Crippen LogP contribution in [0, 0.1) is 11.8 Å². The third-order valence-electron chi connectivity index (χ3n) is 6.38. The Balaban J connectivity index is 1.32. The first kappa shape index (κ1) is 16.2. The van der Waals surface area contributed by atoms with Crippen LogP contribution in [0.2, 0.25) is 0 Å². The number of aromatic nitrogens is 2.